The molecule has 180 valence electrons. The van der Waals surface area contributed by atoms with Gasteiger partial charge in [0.15, 0.2) is 0 Å². The number of rotatable bonds is 8. The fraction of sp³-hybridized carbons (Fsp3) is 0.800. The van der Waals surface area contributed by atoms with Gasteiger partial charge < -0.3 is 15.3 Å². The van der Waals surface area contributed by atoms with Crippen LogP contribution in [0.1, 0.15) is 78.2 Å². The van der Waals surface area contributed by atoms with E-state index in [1.54, 1.807) is 0 Å². The van der Waals surface area contributed by atoms with Gasteiger partial charge in [-0.15, -0.1) is 0 Å². The van der Waals surface area contributed by atoms with Crippen LogP contribution in [-0.2, 0) is 16.6 Å². The average Bonchev–Trinajstić information content (AvgIpc) is 2.72. The van der Waals surface area contributed by atoms with Crippen LogP contribution in [0.2, 0.25) is 0 Å². The Labute approximate surface area is 194 Å². The van der Waals surface area contributed by atoms with Crippen molar-refractivity contribution in [2.24, 2.45) is 5.92 Å². The summed E-state index contributed by atoms with van der Waals surface area (Å²) in [5.41, 5.74) is -0.0107. The predicted octanol–water partition coefficient (Wildman–Crippen LogP) is 2.90. The minimum atomic E-state index is -0.790. The summed E-state index contributed by atoms with van der Waals surface area (Å²) in [6, 6.07) is 2.45. The fourth-order valence-electron chi connectivity index (χ4n) is 4.79. The molecule has 0 unspecified atom stereocenters. The zero-order chi connectivity index (χ0) is 23.4. The Hall–Kier alpha value is -1.73. The third-order valence-corrected chi connectivity index (χ3v) is 6.75. The van der Waals surface area contributed by atoms with Crippen LogP contribution in [0, 0.1) is 5.92 Å². The third-order valence-electron chi connectivity index (χ3n) is 6.75. The second-order valence-corrected chi connectivity index (χ2v) is 11.4. The smallest absolute Gasteiger partial charge is 0.207 e. The van der Waals surface area contributed by atoms with E-state index in [0.29, 0.717) is 12.5 Å². The Bertz CT molecular complexity index is 740. The number of hydrogen-bond acceptors (Lipinski definition) is 6. The minimum absolute atomic E-state index is 0.133. The van der Waals surface area contributed by atoms with Crippen molar-refractivity contribution in [2.45, 2.75) is 90.2 Å². The van der Waals surface area contributed by atoms with E-state index in [1.165, 1.54) is 19.3 Å². The molecule has 1 aromatic rings. The van der Waals surface area contributed by atoms with Gasteiger partial charge in [0.05, 0.1) is 5.60 Å². The lowest BCUT2D eigenvalue weighted by Gasteiger charge is -2.37. The lowest BCUT2D eigenvalue weighted by atomic mass is 9.84. The van der Waals surface area contributed by atoms with Crippen LogP contribution >= 0.6 is 0 Å². The Kier molecular flexibility index (Phi) is 8.15. The highest BCUT2D eigenvalue weighted by atomic mass is 16.3. The number of piperazine rings is 1. The summed E-state index contributed by atoms with van der Waals surface area (Å²) >= 11 is 0. The van der Waals surface area contributed by atoms with Crippen LogP contribution in [0.4, 0.5) is 5.82 Å². The monoisotopic (exact) mass is 445 g/mol. The van der Waals surface area contributed by atoms with Crippen molar-refractivity contribution in [3.63, 3.8) is 0 Å². The molecule has 2 heterocycles. The molecule has 32 heavy (non-hydrogen) atoms. The molecule has 0 atom stereocenters. The second-order valence-electron chi connectivity index (χ2n) is 11.4. The van der Waals surface area contributed by atoms with E-state index >= 15 is 0 Å². The van der Waals surface area contributed by atoms with Crippen LogP contribution in [0.15, 0.2) is 6.07 Å². The molecule has 1 saturated carbocycles. The van der Waals surface area contributed by atoms with Crippen LogP contribution in [0.5, 0.6) is 0 Å². The molecule has 2 N–H and O–H groups in total. The van der Waals surface area contributed by atoms with E-state index in [9.17, 15) is 9.90 Å². The van der Waals surface area contributed by atoms with Crippen molar-refractivity contribution in [2.75, 3.05) is 37.6 Å². The van der Waals surface area contributed by atoms with E-state index in [4.69, 9.17) is 9.97 Å². The second kappa shape index (κ2) is 10.5. The molecule has 3 rings (SSSR count). The van der Waals surface area contributed by atoms with Gasteiger partial charge in [0.25, 0.3) is 0 Å². The molecule has 1 aromatic heterocycles. The maximum Gasteiger partial charge on any atom is 0.207 e. The molecule has 1 aliphatic heterocycles. The number of aromatic nitrogens is 2. The number of nitrogens with zero attached hydrogens (tertiary/aromatic N) is 4. The number of aliphatic hydroxyl groups is 1. The molecule has 1 aliphatic carbocycles. The Morgan fingerprint density at radius 1 is 1.06 bits per heavy atom. The van der Waals surface area contributed by atoms with E-state index < -0.39 is 5.60 Å². The molecule has 1 saturated heterocycles. The molecule has 1 amide bonds. The van der Waals surface area contributed by atoms with E-state index in [2.05, 4.69) is 42.0 Å². The Balaban J connectivity index is 1.54. The highest BCUT2D eigenvalue weighted by molar-refractivity contribution is 5.46. The zero-order valence-electron chi connectivity index (χ0n) is 20.7. The van der Waals surface area contributed by atoms with Crippen molar-refractivity contribution in [3.8, 4) is 0 Å². The summed E-state index contributed by atoms with van der Waals surface area (Å²) in [5.74, 6) is 2.62. The maximum absolute atomic E-state index is 10.6. The van der Waals surface area contributed by atoms with Crippen molar-refractivity contribution < 1.29 is 9.90 Å². The number of hydrogen-bond donors (Lipinski definition) is 2. The molecule has 0 aromatic carbocycles. The topological polar surface area (TPSA) is 81.6 Å². The standard InChI is InChI=1S/C25H43N5O2/c1-24(2,3)23-27-21(17-25(4,5)32)16-22(28-23)30-14-12-29(13-15-30)11-10-19-6-8-20(9-7-19)26-18-31/h16,18-20,32H,6-15,17H2,1-5H3,(H,26,31). The summed E-state index contributed by atoms with van der Waals surface area (Å²) < 4.78 is 0. The average molecular weight is 446 g/mol. The summed E-state index contributed by atoms with van der Waals surface area (Å²) in [6.07, 6.45) is 7.32. The van der Waals surface area contributed by atoms with Gasteiger partial charge in [0.2, 0.25) is 6.41 Å². The van der Waals surface area contributed by atoms with Crippen molar-refractivity contribution in [1.29, 1.82) is 0 Å². The summed E-state index contributed by atoms with van der Waals surface area (Å²) in [4.78, 5) is 25.2. The molecular weight excluding hydrogens is 402 g/mol. The van der Waals surface area contributed by atoms with E-state index in [-0.39, 0.29) is 5.41 Å². The molecule has 7 nitrogen and oxygen atoms in total. The number of carbonyl (C=O) groups excluding carboxylic acids is 1. The van der Waals surface area contributed by atoms with Gasteiger partial charge in [-0.2, -0.15) is 0 Å². The lowest BCUT2D eigenvalue weighted by Crippen LogP contribution is -2.47. The van der Waals surface area contributed by atoms with Crippen LogP contribution in [0.3, 0.4) is 0 Å². The first-order valence-corrected chi connectivity index (χ1v) is 12.3. The normalized spacial score (nSPS) is 23.2. The number of anilines is 1. The summed E-state index contributed by atoms with van der Waals surface area (Å²) in [6.45, 7) is 15.3. The van der Waals surface area contributed by atoms with Gasteiger partial charge in [0.1, 0.15) is 11.6 Å². The van der Waals surface area contributed by atoms with Gasteiger partial charge in [-0.25, -0.2) is 9.97 Å². The fourth-order valence-corrected chi connectivity index (χ4v) is 4.79. The van der Waals surface area contributed by atoms with Gasteiger partial charge in [-0.05, 0) is 58.4 Å². The molecule has 2 fully saturated rings. The molecule has 7 heteroatoms. The summed E-state index contributed by atoms with van der Waals surface area (Å²) in [5, 5.41) is 13.2. The SMILES string of the molecule is CC(C)(O)Cc1cc(N2CCN(CCC3CCC(NC=O)CC3)CC2)nc(C(C)(C)C)n1. The number of carbonyl (C=O) groups is 1. The molecule has 0 radical (unpaired) electrons. The minimum Gasteiger partial charge on any atom is -0.390 e. The highest BCUT2D eigenvalue weighted by Gasteiger charge is 2.26. The van der Waals surface area contributed by atoms with Crippen molar-refractivity contribution in [1.82, 2.24) is 20.2 Å². The van der Waals surface area contributed by atoms with Gasteiger partial charge >= 0.3 is 0 Å². The quantitative estimate of drug-likeness (QED) is 0.599. The molecule has 0 spiro atoms. The molecule has 0 bridgehead atoms. The van der Waals surface area contributed by atoms with Gasteiger partial charge in [0, 0.05) is 55.8 Å². The third kappa shape index (κ3) is 7.41. The Morgan fingerprint density at radius 2 is 1.72 bits per heavy atom. The lowest BCUT2D eigenvalue weighted by molar-refractivity contribution is -0.110. The summed E-state index contributed by atoms with van der Waals surface area (Å²) in [7, 11) is 0. The molecule has 2 aliphatic rings. The zero-order valence-corrected chi connectivity index (χ0v) is 20.7. The maximum atomic E-state index is 10.6. The van der Waals surface area contributed by atoms with Crippen molar-refractivity contribution >= 4 is 12.2 Å². The first-order chi connectivity index (χ1) is 15.0. The Morgan fingerprint density at radius 3 is 2.28 bits per heavy atom. The highest BCUT2D eigenvalue weighted by Crippen LogP contribution is 2.28. The number of amides is 1. The first-order valence-electron chi connectivity index (χ1n) is 12.3. The van der Waals surface area contributed by atoms with Crippen molar-refractivity contribution in [3.05, 3.63) is 17.6 Å². The van der Waals surface area contributed by atoms with E-state index in [1.807, 2.05) is 13.8 Å². The van der Waals surface area contributed by atoms with Crippen LogP contribution < -0.4 is 10.2 Å². The largest absolute Gasteiger partial charge is 0.390 e. The van der Waals surface area contributed by atoms with Crippen LogP contribution in [-0.4, -0.2) is 70.8 Å². The van der Waals surface area contributed by atoms with E-state index in [0.717, 1.165) is 75.2 Å². The van der Waals surface area contributed by atoms with Gasteiger partial charge in [-0.1, -0.05) is 20.8 Å². The predicted molar refractivity (Wildman–Crippen MR) is 129 cm³/mol. The van der Waals surface area contributed by atoms with Crippen LogP contribution in [0.25, 0.3) is 0 Å². The first kappa shape index (κ1) is 24.9. The van der Waals surface area contributed by atoms with Gasteiger partial charge in [-0.3, -0.25) is 9.69 Å². The molecular formula is C25H43N5O2. The number of nitrogens with one attached hydrogen (secondary N) is 1.